The highest BCUT2D eigenvalue weighted by atomic mass is 19.4. The number of benzene rings is 2. The molecule has 1 aliphatic rings. The Kier molecular flexibility index (Phi) is 9.17. The first kappa shape index (κ1) is 27.3. The predicted octanol–water partition coefficient (Wildman–Crippen LogP) is 5.80. The molecule has 3 rings (SSSR count). The second-order valence-electron chi connectivity index (χ2n) is 8.88. The second kappa shape index (κ2) is 12.1. The molecule has 1 saturated carbocycles. The van der Waals surface area contributed by atoms with Crippen molar-refractivity contribution < 1.29 is 31.9 Å². The summed E-state index contributed by atoms with van der Waals surface area (Å²) in [5.41, 5.74) is 1.72. The molecule has 2 N–H and O–H groups in total. The Labute approximate surface area is 208 Å². The van der Waals surface area contributed by atoms with E-state index in [0.29, 0.717) is 36.1 Å². The highest BCUT2D eigenvalue weighted by molar-refractivity contribution is 5.98. The fourth-order valence-electron chi connectivity index (χ4n) is 4.39. The first-order chi connectivity index (χ1) is 17.1. The molecule has 1 fully saturated rings. The highest BCUT2D eigenvalue weighted by Gasteiger charge is 2.34. The van der Waals surface area contributed by atoms with Crippen molar-refractivity contribution in [1.29, 1.82) is 0 Å². The maximum atomic E-state index is 14.3. The zero-order valence-electron chi connectivity index (χ0n) is 20.3. The maximum absolute atomic E-state index is 14.3. The molecule has 0 aliphatic heterocycles. The lowest BCUT2D eigenvalue weighted by molar-refractivity contribution is -0.137. The van der Waals surface area contributed by atoms with Crippen LogP contribution < -0.4 is 15.5 Å². The number of halogens is 4. The summed E-state index contributed by atoms with van der Waals surface area (Å²) in [6.45, 7) is 2.00. The van der Waals surface area contributed by atoms with Crippen molar-refractivity contribution >= 4 is 17.5 Å². The predicted molar refractivity (Wildman–Crippen MR) is 128 cm³/mol. The first-order valence-corrected chi connectivity index (χ1v) is 12.0. The summed E-state index contributed by atoms with van der Waals surface area (Å²) >= 11 is 0. The monoisotopic (exact) mass is 509 g/mol. The molecule has 0 spiro atoms. The van der Waals surface area contributed by atoms with Gasteiger partial charge in [0.2, 0.25) is 0 Å². The van der Waals surface area contributed by atoms with E-state index in [1.807, 2.05) is 0 Å². The van der Waals surface area contributed by atoms with Crippen LogP contribution in [0, 0.1) is 11.7 Å². The molecule has 6 nitrogen and oxygen atoms in total. The minimum absolute atomic E-state index is 0.166. The van der Waals surface area contributed by atoms with E-state index < -0.39 is 41.0 Å². The lowest BCUT2D eigenvalue weighted by Crippen LogP contribution is -2.51. The number of carbonyl (C=O) groups excluding carboxylic acids is 2. The number of methoxy groups -OCH3 is 1. The fourth-order valence-corrected chi connectivity index (χ4v) is 4.39. The molecule has 0 aromatic heterocycles. The molecule has 0 saturated heterocycles. The second-order valence-corrected chi connectivity index (χ2v) is 8.88. The number of nitrogens with one attached hydrogen (secondary N) is 2. The lowest BCUT2D eigenvalue weighted by Gasteiger charge is -2.31. The lowest BCUT2D eigenvalue weighted by atomic mass is 9.84. The number of hydrogen-bond donors (Lipinski definition) is 2. The summed E-state index contributed by atoms with van der Waals surface area (Å²) in [7, 11) is 1.54. The van der Waals surface area contributed by atoms with Gasteiger partial charge in [0.05, 0.1) is 23.9 Å². The van der Waals surface area contributed by atoms with Crippen LogP contribution in [0.15, 0.2) is 42.5 Å². The zero-order chi connectivity index (χ0) is 26.3. The van der Waals surface area contributed by atoms with Crippen molar-refractivity contribution in [2.75, 3.05) is 19.1 Å². The minimum Gasteiger partial charge on any atom is -0.497 e. The van der Waals surface area contributed by atoms with Crippen LogP contribution in [0.25, 0.3) is 0 Å². The van der Waals surface area contributed by atoms with Crippen molar-refractivity contribution in [3.05, 3.63) is 59.4 Å². The van der Waals surface area contributed by atoms with E-state index in [0.717, 1.165) is 32.1 Å². The van der Waals surface area contributed by atoms with E-state index in [1.165, 1.54) is 12.1 Å². The van der Waals surface area contributed by atoms with Crippen molar-refractivity contribution in [3.63, 3.8) is 0 Å². The number of carbonyl (C=O) groups is 2. The smallest absolute Gasteiger partial charge is 0.416 e. The molecule has 2 aromatic rings. The number of alkyl halides is 3. The van der Waals surface area contributed by atoms with E-state index in [4.69, 9.17) is 4.74 Å². The van der Waals surface area contributed by atoms with Crippen LogP contribution in [0.1, 0.15) is 61.4 Å². The molecular weight excluding hydrogens is 478 g/mol. The van der Waals surface area contributed by atoms with Gasteiger partial charge in [-0.1, -0.05) is 32.1 Å². The summed E-state index contributed by atoms with van der Waals surface area (Å²) < 4.78 is 58.9. The van der Waals surface area contributed by atoms with Gasteiger partial charge in [-0.3, -0.25) is 20.0 Å². The number of nitrogens with zero attached hydrogens (tertiary/aromatic N) is 1. The number of anilines is 1. The Morgan fingerprint density at radius 3 is 2.33 bits per heavy atom. The van der Waals surface area contributed by atoms with Crippen LogP contribution in [0.4, 0.5) is 23.2 Å². The number of hydrogen-bond acceptors (Lipinski definition) is 4. The molecule has 1 unspecified atom stereocenters. The molecular formula is C26H31F4N3O3. The van der Waals surface area contributed by atoms with Gasteiger partial charge in [-0.2, -0.15) is 13.2 Å². The minimum atomic E-state index is -4.73. The summed E-state index contributed by atoms with van der Waals surface area (Å²) in [5.74, 6) is -1.81. The van der Waals surface area contributed by atoms with Gasteiger partial charge in [-0.05, 0) is 61.7 Å². The molecule has 2 aromatic carbocycles. The van der Waals surface area contributed by atoms with Crippen LogP contribution in [-0.4, -0.2) is 36.5 Å². The third-order valence-corrected chi connectivity index (χ3v) is 6.37. The standard InChI is InChI=1S/C26H31F4N3O3/c1-3-33(32-19-10-12-20(36-2)13-11-19)25(35)23(15-17-7-5-4-6-8-17)31-24(34)21-16-18(26(28,29)30)9-14-22(21)27/h9-14,16-17,23,32H,3-8,15H2,1-2H3,(H,31,34). The molecule has 0 heterocycles. The number of hydrazine groups is 1. The summed E-state index contributed by atoms with van der Waals surface area (Å²) in [5, 5.41) is 3.85. The molecule has 0 bridgehead atoms. The third kappa shape index (κ3) is 7.11. The Morgan fingerprint density at radius 2 is 1.75 bits per heavy atom. The van der Waals surface area contributed by atoms with E-state index >= 15 is 0 Å². The topological polar surface area (TPSA) is 70.7 Å². The molecule has 2 amide bonds. The van der Waals surface area contributed by atoms with Gasteiger partial charge < -0.3 is 10.1 Å². The number of likely N-dealkylation sites (N-methyl/N-ethyl adjacent to an activating group) is 1. The van der Waals surface area contributed by atoms with Crippen LogP contribution in [0.3, 0.4) is 0 Å². The van der Waals surface area contributed by atoms with Crippen LogP contribution in [0.2, 0.25) is 0 Å². The average molecular weight is 510 g/mol. The largest absolute Gasteiger partial charge is 0.497 e. The van der Waals surface area contributed by atoms with Crippen molar-refractivity contribution in [2.45, 2.75) is 57.7 Å². The number of amides is 2. The van der Waals surface area contributed by atoms with Crippen molar-refractivity contribution in [3.8, 4) is 5.75 Å². The summed E-state index contributed by atoms with van der Waals surface area (Å²) in [4.78, 5) is 26.4. The number of ether oxygens (including phenoxy) is 1. The average Bonchev–Trinajstić information content (AvgIpc) is 2.87. The van der Waals surface area contributed by atoms with Crippen LogP contribution in [0.5, 0.6) is 5.75 Å². The van der Waals surface area contributed by atoms with Crippen LogP contribution in [-0.2, 0) is 11.0 Å². The normalized spacial score (nSPS) is 15.2. The Bertz CT molecular complexity index is 1040. The Morgan fingerprint density at radius 1 is 1.08 bits per heavy atom. The van der Waals surface area contributed by atoms with Gasteiger partial charge >= 0.3 is 6.18 Å². The van der Waals surface area contributed by atoms with E-state index in [1.54, 1.807) is 31.2 Å². The molecule has 1 atom stereocenters. The van der Waals surface area contributed by atoms with Crippen molar-refractivity contribution in [2.24, 2.45) is 5.92 Å². The highest BCUT2D eigenvalue weighted by Crippen LogP contribution is 2.31. The van der Waals surface area contributed by atoms with E-state index in [9.17, 15) is 27.2 Å². The SMILES string of the molecule is CCN(Nc1ccc(OC)cc1)C(=O)C(CC1CCCCC1)NC(=O)c1cc(C(F)(F)F)ccc1F. The van der Waals surface area contributed by atoms with Gasteiger partial charge in [-0.15, -0.1) is 0 Å². The molecule has 196 valence electrons. The molecule has 36 heavy (non-hydrogen) atoms. The first-order valence-electron chi connectivity index (χ1n) is 12.0. The zero-order valence-corrected chi connectivity index (χ0v) is 20.3. The summed E-state index contributed by atoms with van der Waals surface area (Å²) in [6.07, 6.45) is 0.447. The van der Waals surface area contributed by atoms with Gasteiger partial charge in [0.25, 0.3) is 11.8 Å². The Hall–Kier alpha value is -3.30. The molecule has 10 heteroatoms. The van der Waals surface area contributed by atoms with Gasteiger partial charge in [0.15, 0.2) is 0 Å². The maximum Gasteiger partial charge on any atom is 0.416 e. The Balaban J connectivity index is 1.83. The van der Waals surface area contributed by atoms with E-state index in [-0.39, 0.29) is 12.5 Å². The summed E-state index contributed by atoms with van der Waals surface area (Å²) in [6, 6.07) is 7.51. The van der Waals surface area contributed by atoms with E-state index in [2.05, 4.69) is 10.7 Å². The van der Waals surface area contributed by atoms with Gasteiger partial charge in [0, 0.05) is 6.54 Å². The quantitative estimate of drug-likeness (QED) is 0.331. The third-order valence-electron chi connectivity index (χ3n) is 6.37. The van der Waals surface area contributed by atoms with Crippen LogP contribution >= 0.6 is 0 Å². The van der Waals surface area contributed by atoms with Gasteiger partial charge in [0.1, 0.15) is 17.6 Å². The molecule has 1 aliphatic carbocycles. The van der Waals surface area contributed by atoms with Gasteiger partial charge in [-0.25, -0.2) is 4.39 Å². The van der Waals surface area contributed by atoms with Crippen molar-refractivity contribution in [1.82, 2.24) is 10.3 Å². The number of rotatable bonds is 9. The fraction of sp³-hybridized carbons (Fsp3) is 0.462. The molecule has 0 radical (unpaired) electrons.